The van der Waals surface area contributed by atoms with Crippen molar-refractivity contribution in [2.75, 3.05) is 38.8 Å². The molecule has 0 aliphatic carbocycles. The van der Waals surface area contributed by atoms with Crippen molar-refractivity contribution < 1.29 is 23.5 Å². The highest BCUT2D eigenvalue weighted by Gasteiger charge is 2.44. The average molecular weight is 343 g/mol. The van der Waals surface area contributed by atoms with Crippen molar-refractivity contribution in [3.63, 3.8) is 0 Å². The lowest BCUT2D eigenvalue weighted by molar-refractivity contribution is 0.0586. The summed E-state index contributed by atoms with van der Waals surface area (Å²) >= 11 is 0. The molecule has 0 bridgehead atoms. The maximum absolute atomic E-state index is 9.15. The van der Waals surface area contributed by atoms with Crippen LogP contribution in [0.4, 0.5) is 5.69 Å². The summed E-state index contributed by atoms with van der Waals surface area (Å²) in [5.41, 5.74) is 6.52. The van der Waals surface area contributed by atoms with E-state index in [9.17, 15) is 0 Å². The molecule has 4 N–H and O–H groups in total. The smallest absolute Gasteiger partial charge is 0.399 e. The van der Waals surface area contributed by atoms with Crippen molar-refractivity contribution in [2.45, 2.75) is 26.7 Å². The van der Waals surface area contributed by atoms with Crippen molar-refractivity contribution in [3.8, 4) is 0 Å². The molecule has 0 aliphatic heterocycles. The third kappa shape index (κ3) is 6.21. The summed E-state index contributed by atoms with van der Waals surface area (Å²) in [5.74, 6) is 0.0545. The first-order valence-electron chi connectivity index (χ1n) is 8.11. The fourth-order valence-corrected chi connectivity index (χ4v) is 5.00. The van der Waals surface area contributed by atoms with Crippen LogP contribution in [0.2, 0.25) is 0 Å². The first-order chi connectivity index (χ1) is 11.1. The highest BCUT2D eigenvalue weighted by Crippen LogP contribution is 2.17. The Bertz CT molecular complexity index is 434. The normalized spacial score (nSPS) is 12.0. The van der Waals surface area contributed by atoms with E-state index < -0.39 is 8.80 Å². The van der Waals surface area contributed by atoms with Gasteiger partial charge in [0.1, 0.15) is 0 Å². The van der Waals surface area contributed by atoms with Gasteiger partial charge in [-0.05, 0) is 44.7 Å². The largest absolute Gasteiger partial charge is 0.537 e. The summed E-state index contributed by atoms with van der Waals surface area (Å²) in [6.07, 6.45) is 1.14. The lowest BCUT2D eigenvalue weighted by Gasteiger charge is -2.31. The van der Waals surface area contributed by atoms with Crippen molar-refractivity contribution in [3.05, 3.63) is 24.3 Å². The minimum absolute atomic E-state index is 0.0545. The Hall–Kier alpha value is -0.963. The topological polar surface area (TPSA) is 94.2 Å². The first-order valence-corrected chi connectivity index (χ1v) is 9.83. The molecule has 6 nitrogen and oxygen atoms in total. The van der Waals surface area contributed by atoms with E-state index in [1.165, 1.54) is 0 Å². The Balaban J connectivity index is 2.98. The van der Waals surface area contributed by atoms with E-state index >= 15 is 0 Å². The van der Waals surface area contributed by atoms with E-state index in [2.05, 4.69) is 0 Å². The summed E-state index contributed by atoms with van der Waals surface area (Å²) in [5, 5.41) is 19.1. The molecular weight excluding hydrogens is 314 g/mol. The quantitative estimate of drug-likeness (QED) is 0.385. The monoisotopic (exact) mass is 343 g/mol. The van der Waals surface area contributed by atoms with E-state index in [0.717, 1.165) is 5.19 Å². The van der Waals surface area contributed by atoms with Crippen LogP contribution in [-0.4, -0.2) is 52.1 Å². The minimum atomic E-state index is -3.07. The van der Waals surface area contributed by atoms with E-state index in [1.54, 1.807) is 6.07 Å². The van der Waals surface area contributed by atoms with Crippen LogP contribution in [0.25, 0.3) is 0 Å². The number of aliphatic hydroxyl groups excluding tert-OH is 2. The number of nitrogens with two attached hydrogens (primary N) is 1. The number of hydrogen-bond donors (Lipinski definition) is 3. The Kier molecular flexibility index (Phi) is 9.38. The molecule has 0 aliphatic rings. The van der Waals surface area contributed by atoms with E-state index in [1.807, 2.05) is 32.0 Å². The Labute approximate surface area is 139 Å². The molecular formula is C16H29NO5Si. The van der Waals surface area contributed by atoms with Gasteiger partial charge < -0.3 is 29.2 Å². The summed E-state index contributed by atoms with van der Waals surface area (Å²) in [6.45, 7) is 5.21. The fraction of sp³-hybridized carbons (Fsp3) is 0.625. The summed E-state index contributed by atoms with van der Waals surface area (Å²) in [4.78, 5) is 0. The molecule has 0 unspecified atom stereocenters. The van der Waals surface area contributed by atoms with Gasteiger partial charge in [-0.25, -0.2) is 0 Å². The standard InChI is InChI=1S/C16H29NO5Si/c1-3-20-23(21-4-2,16-7-5-6-15(17)12-16)22-13-14(8-10-18)9-11-19/h5-7,12,14,18-19H,3-4,8-11,13,17H2,1-2H3. The van der Waals surface area contributed by atoms with Crippen molar-refractivity contribution in [1.82, 2.24) is 0 Å². The zero-order valence-corrected chi connectivity index (χ0v) is 15.0. The van der Waals surface area contributed by atoms with Gasteiger partial charge in [0, 0.05) is 43.9 Å². The molecule has 0 heterocycles. The zero-order valence-electron chi connectivity index (χ0n) is 14.0. The molecule has 1 aromatic carbocycles. The molecule has 1 aromatic rings. The van der Waals surface area contributed by atoms with Gasteiger partial charge in [-0.15, -0.1) is 0 Å². The van der Waals surface area contributed by atoms with Gasteiger partial charge >= 0.3 is 8.80 Å². The van der Waals surface area contributed by atoms with E-state index in [4.69, 9.17) is 29.2 Å². The predicted molar refractivity (Wildman–Crippen MR) is 92.3 cm³/mol. The minimum Gasteiger partial charge on any atom is -0.399 e. The predicted octanol–water partition coefficient (Wildman–Crippen LogP) is 0.885. The van der Waals surface area contributed by atoms with Gasteiger partial charge in [-0.1, -0.05) is 12.1 Å². The average Bonchev–Trinajstić information content (AvgIpc) is 2.53. The van der Waals surface area contributed by atoms with Gasteiger partial charge in [-0.3, -0.25) is 0 Å². The van der Waals surface area contributed by atoms with Crippen LogP contribution < -0.4 is 10.9 Å². The fourth-order valence-electron chi connectivity index (χ4n) is 2.39. The second-order valence-electron chi connectivity index (χ2n) is 5.25. The summed E-state index contributed by atoms with van der Waals surface area (Å²) in [7, 11) is -3.07. The first kappa shape index (κ1) is 20.1. The molecule has 23 heavy (non-hydrogen) atoms. The molecule has 0 aromatic heterocycles. The van der Waals surface area contributed by atoms with Crippen LogP contribution >= 0.6 is 0 Å². The number of hydrogen-bond acceptors (Lipinski definition) is 6. The van der Waals surface area contributed by atoms with Crippen LogP contribution in [0.15, 0.2) is 24.3 Å². The van der Waals surface area contributed by atoms with Crippen LogP contribution in [0.1, 0.15) is 26.7 Å². The molecule has 0 atom stereocenters. The van der Waals surface area contributed by atoms with Crippen molar-refractivity contribution in [2.24, 2.45) is 5.92 Å². The Morgan fingerprint density at radius 2 is 1.65 bits per heavy atom. The van der Waals surface area contributed by atoms with Crippen LogP contribution in [-0.2, 0) is 13.3 Å². The number of aliphatic hydroxyl groups is 2. The number of anilines is 1. The number of nitrogen functional groups attached to an aromatic ring is 1. The van der Waals surface area contributed by atoms with Gasteiger partial charge in [0.2, 0.25) is 0 Å². The molecule has 0 saturated carbocycles. The second kappa shape index (κ2) is 10.7. The zero-order chi connectivity index (χ0) is 17.1. The van der Waals surface area contributed by atoms with Gasteiger partial charge in [0.25, 0.3) is 0 Å². The molecule has 0 fully saturated rings. The van der Waals surface area contributed by atoms with E-state index in [-0.39, 0.29) is 19.1 Å². The second-order valence-corrected chi connectivity index (χ2v) is 7.81. The molecule has 7 heteroatoms. The lowest BCUT2D eigenvalue weighted by Crippen LogP contribution is -2.57. The van der Waals surface area contributed by atoms with Crippen molar-refractivity contribution in [1.29, 1.82) is 0 Å². The van der Waals surface area contributed by atoms with Crippen molar-refractivity contribution >= 4 is 19.7 Å². The van der Waals surface area contributed by atoms with Crippen LogP contribution in [0.3, 0.4) is 0 Å². The SMILES string of the molecule is CCO[Si](OCC)(OCC(CCO)CCO)c1cccc(N)c1. The molecule has 1 rings (SSSR count). The Morgan fingerprint density at radius 3 is 2.13 bits per heavy atom. The van der Waals surface area contributed by atoms with Crippen LogP contribution in [0, 0.1) is 5.92 Å². The third-order valence-electron chi connectivity index (χ3n) is 3.49. The summed E-state index contributed by atoms with van der Waals surface area (Å²) < 4.78 is 18.0. The van der Waals surface area contributed by atoms with E-state index in [0.29, 0.717) is 38.3 Å². The highest BCUT2D eigenvalue weighted by molar-refractivity contribution is 6.75. The third-order valence-corrected chi connectivity index (χ3v) is 6.39. The Morgan fingerprint density at radius 1 is 1.04 bits per heavy atom. The molecule has 132 valence electrons. The lowest BCUT2D eigenvalue weighted by atomic mass is 10.0. The molecule has 0 amide bonds. The maximum atomic E-state index is 9.15. The maximum Gasteiger partial charge on any atom is 0.537 e. The number of rotatable bonds is 12. The van der Waals surface area contributed by atoms with Gasteiger partial charge in [0.05, 0.1) is 0 Å². The van der Waals surface area contributed by atoms with Gasteiger partial charge in [0.15, 0.2) is 0 Å². The molecule has 0 spiro atoms. The molecule has 0 saturated heterocycles. The molecule has 0 radical (unpaired) electrons. The number of benzene rings is 1. The van der Waals surface area contributed by atoms with Gasteiger partial charge in [-0.2, -0.15) is 0 Å². The summed E-state index contributed by atoms with van der Waals surface area (Å²) in [6, 6.07) is 7.39. The van der Waals surface area contributed by atoms with Crippen LogP contribution in [0.5, 0.6) is 0 Å². The highest BCUT2D eigenvalue weighted by atomic mass is 28.4.